The van der Waals surface area contributed by atoms with Gasteiger partial charge < -0.3 is 15.5 Å². The molecule has 6 heteroatoms. The molecule has 1 atom stereocenters. The highest BCUT2D eigenvalue weighted by Crippen LogP contribution is 2.20. The van der Waals surface area contributed by atoms with E-state index in [2.05, 4.69) is 87.1 Å². The SMILES string of the molecule is c1ccc(CCn2cc3c(n2)C(NCCN2CCCCC2)=N[C@H](Cc2ccccc2)CN3)cc1. The second kappa shape index (κ2) is 11.3. The summed E-state index contributed by atoms with van der Waals surface area (Å²) in [5.74, 6) is 0.927. The van der Waals surface area contributed by atoms with Crippen LogP contribution in [0.1, 0.15) is 36.1 Å². The van der Waals surface area contributed by atoms with Crippen molar-refractivity contribution in [2.24, 2.45) is 4.99 Å². The molecule has 1 aromatic heterocycles. The molecular weight excluding hydrogens is 420 g/mol. The molecule has 0 saturated carbocycles. The number of fused-ring (bicyclic) bond motifs is 1. The van der Waals surface area contributed by atoms with Crippen LogP contribution in [0.15, 0.2) is 71.9 Å². The molecule has 0 aliphatic carbocycles. The summed E-state index contributed by atoms with van der Waals surface area (Å²) in [5.41, 5.74) is 4.67. The fraction of sp³-hybridized carbons (Fsp3) is 0.429. The fourth-order valence-electron chi connectivity index (χ4n) is 4.89. The van der Waals surface area contributed by atoms with E-state index in [0.717, 1.165) is 56.2 Å². The van der Waals surface area contributed by atoms with Crippen LogP contribution in [0.3, 0.4) is 0 Å². The van der Waals surface area contributed by atoms with E-state index in [1.165, 1.54) is 43.5 Å². The highest BCUT2D eigenvalue weighted by atomic mass is 15.3. The molecule has 0 spiro atoms. The predicted octanol–water partition coefficient (Wildman–Crippen LogP) is 3.98. The van der Waals surface area contributed by atoms with Gasteiger partial charge in [-0.2, -0.15) is 5.10 Å². The second-order valence-electron chi connectivity index (χ2n) is 9.42. The minimum Gasteiger partial charge on any atom is -0.380 e. The monoisotopic (exact) mass is 456 g/mol. The average molecular weight is 457 g/mol. The lowest BCUT2D eigenvalue weighted by molar-refractivity contribution is 0.232. The third-order valence-corrected chi connectivity index (χ3v) is 6.78. The number of hydrogen-bond acceptors (Lipinski definition) is 5. The molecule has 34 heavy (non-hydrogen) atoms. The van der Waals surface area contributed by atoms with E-state index in [1.807, 2.05) is 0 Å². The van der Waals surface area contributed by atoms with E-state index in [9.17, 15) is 0 Å². The lowest BCUT2D eigenvalue weighted by Gasteiger charge is -2.26. The molecule has 2 aliphatic heterocycles. The number of rotatable bonds is 8. The highest BCUT2D eigenvalue weighted by molar-refractivity contribution is 6.02. The second-order valence-corrected chi connectivity index (χ2v) is 9.42. The predicted molar refractivity (Wildman–Crippen MR) is 140 cm³/mol. The van der Waals surface area contributed by atoms with Crippen molar-refractivity contribution < 1.29 is 0 Å². The first-order valence-corrected chi connectivity index (χ1v) is 12.8. The normalized spacial score (nSPS) is 18.5. The van der Waals surface area contributed by atoms with Crippen molar-refractivity contribution in [1.82, 2.24) is 20.0 Å². The zero-order valence-electron chi connectivity index (χ0n) is 20.0. The Kier molecular flexibility index (Phi) is 7.56. The Morgan fingerprint density at radius 2 is 1.62 bits per heavy atom. The van der Waals surface area contributed by atoms with E-state index >= 15 is 0 Å². The van der Waals surface area contributed by atoms with Crippen LogP contribution in [0.5, 0.6) is 0 Å². The molecule has 2 aliphatic rings. The van der Waals surface area contributed by atoms with Crippen molar-refractivity contribution in [3.05, 3.63) is 83.7 Å². The Balaban J connectivity index is 1.30. The van der Waals surface area contributed by atoms with E-state index in [4.69, 9.17) is 10.1 Å². The van der Waals surface area contributed by atoms with E-state index in [1.54, 1.807) is 0 Å². The third kappa shape index (κ3) is 6.06. The number of nitrogens with zero attached hydrogens (tertiary/aromatic N) is 4. The maximum absolute atomic E-state index is 5.18. The largest absolute Gasteiger partial charge is 0.380 e. The first-order chi connectivity index (χ1) is 16.8. The minimum absolute atomic E-state index is 0.173. The Morgan fingerprint density at radius 1 is 0.882 bits per heavy atom. The van der Waals surface area contributed by atoms with E-state index in [0.29, 0.717) is 0 Å². The van der Waals surface area contributed by atoms with Crippen LogP contribution in [0, 0.1) is 0 Å². The molecule has 0 bridgehead atoms. The molecule has 5 rings (SSSR count). The maximum Gasteiger partial charge on any atom is 0.151 e. The minimum atomic E-state index is 0.173. The average Bonchev–Trinajstić information content (AvgIpc) is 3.23. The van der Waals surface area contributed by atoms with Crippen molar-refractivity contribution in [2.75, 3.05) is 38.0 Å². The number of aliphatic imine (C=N–C) groups is 1. The van der Waals surface area contributed by atoms with Crippen LogP contribution >= 0.6 is 0 Å². The molecule has 1 fully saturated rings. The summed E-state index contributed by atoms with van der Waals surface area (Å²) in [6.07, 6.45) is 8.04. The summed E-state index contributed by atoms with van der Waals surface area (Å²) < 4.78 is 2.06. The summed E-state index contributed by atoms with van der Waals surface area (Å²) in [5, 5.41) is 12.3. The van der Waals surface area contributed by atoms with Gasteiger partial charge in [-0.15, -0.1) is 0 Å². The highest BCUT2D eigenvalue weighted by Gasteiger charge is 2.22. The van der Waals surface area contributed by atoms with Crippen molar-refractivity contribution >= 4 is 11.5 Å². The number of benzene rings is 2. The van der Waals surface area contributed by atoms with Crippen LogP contribution in [0.2, 0.25) is 0 Å². The van der Waals surface area contributed by atoms with Crippen molar-refractivity contribution in [1.29, 1.82) is 0 Å². The quantitative estimate of drug-likeness (QED) is 0.538. The van der Waals surface area contributed by atoms with Gasteiger partial charge in [-0.25, -0.2) is 0 Å². The Labute approximate surface area is 203 Å². The number of anilines is 1. The number of piperidine rings is 1. The van der Waals surface area contributed by atoms with Gasteiger partial charge in [0.15, 0.2) is 11.5 Å². The van der Waals surface area contributed by atoms with Crippen LogP contribution in [-0.4, -0.2) is 59.3 Å². The topological polar surface area (TPSA) is 57.5 Å². The molecule has 178 valence electrons. The molecule has 3 aromatic rings. The van der Waals surface area contributed by atoms with E-state index in [-0.39, 0.29) is 6.04 Å². The van der Waals surface area contributed by atoms with Crippen LogP contribution < -0.4 is 10.6 Å². The van der Waals surface area contributed by atoms with Crippen molar-refractivity contribution in [2.45, 2.75) is 44.7 Å². The fourth-order valence-corrected chi connectivity index (χ4v) is 4.89. The van der Waals surface area contributed by atoms with Crippen LogP contribution in [0.4, 0.5) is 5.69 Å². The standard InChI is InChI=1S/C28H36N6/c1-4-10-23(11-5-1)14-18-34-22-26-27(32-34)28(29-15-19-33-16-8-3-9-17-33)31-25(21-30-26)20-24-12-6-2-7-13-24/h1-2,4-7,10-13,22,25,30H,3,8-9,14-21H2,(H,29,31)/t25-/m1/s1. The summed E-state index contributed by atoms with van der Waals surface area (Å²) in [6, 6.07) is 21.4. The summed E-state index contributed by atoms with van der Waals surface area (Å²) in [6.45, 7) is 6.04. The zero-order chi connectivity index (χ0) is 23.0. The van der Waals surface area contributed by atoms with Crippen molar-refractivity contribution in [3.8, 4) is 0 Å². The smallest absolute Gasteiger partial charge is 0.151 e. The zero-order valence-corrected chi connectivity index (χ0v) is 20.0. The molecule has 3 heterocycles. The summed E-state index contributed by atoms with van der Waals surface area (Å²) >= 11 is 0. The Bertz CT molecular complexity index is 1050. The van der Waals surface area contributed by atoms with E-state index < -0.39 is 0 Å². The van der Waals surface area contributed by atoms with Gasteiger partial charge in [-0.05, 0) is 49.9 Å². The number of aromatic nitrogens is 2. The van der Waals surface area contributed by atoms with Crippen LogP contribution in [-0.2, 0) is 19.4 Å². The van der Waals surface area contributed by atoms with Gasteiger partial charge in [-0.3, -0.25) is 9.67 Å². The van der Waals surface area contributed by atoms with Crippen molar-refractivity contribution in [3.63, 3.8) is 0 Å². The van der Waals surface area contributed by atoms with Gasteiger partial charge in [-0.1, -0.05) is 67.1 Å². The molecule has 0 amide bonds. The Morgan fingerprint density at radius 3 is 2.38 bits per heavy atom. The summed E-state index contributed by atoms with van der Waals surface area (Å²) in [4.78, 5) is 7.74. The van der Waals surface area contributed by atoms with Crippen LogP contribution in [0.25, 0.3) is 0 Å². The number of likely N-dealkylation sites (tertiary alicyclic amines) is 1. The summed E-state index contributed by atoms with van der Waals surface area (Å²) in [7, 11) is 0. The van der Waals surface area contributed by atoms with Gasteiger partial charge in [0, 0.05) is 32.4 Å². The number of aryl methyl sites for hydroxylation is 2. The first kappa shape index (κ1) is 22.7. The van der Waals surface area contributed by atoms with Gasteiger partial charge in [0.25, 0.3) is 0 Å². The molecule has 0 unspecified atom stereocenters. The maximum atomic E-state index is 5.18. The van der Waals surface area contributed by atoms with Gasteiger partial charge in [0.05, 0.1) is 11.7 Å². The number of amidine groups is 1. The molecule has 2 N–H and O–H groups in total. The lowest BCUT2D eigenvalue weighted by atomic mass is 10.1. The molecule has 1 saturated heterocycles. The van der Waals surface area contributed by atoms with Gasteiger partial charge >= 0.3 is 0 Å². The van der Waals surface area contributed by atoms with Gasteiger partial charge in [0.2, 0.25) is 0 Å². The molecule has 0 radical (unpaired) electrons. The molecular formula is C28H36N6. The third-order valence-electron chi connectivity index (χ3n) is 6.78. The molecule has 6 nitrogen and oxygen atoms in total. The number of hydrogen-bond donors (Lipinski definition) is 2. The first-order valence-electron chi connectivity index (χ1n) is 12.8. The Hall–Kier alpha value is -3.12. The van der Waals surface area contributed by atoms with Gasteiger partial charge in [0.1, 0.15) is 0 Å². The lowest BCUT2D eigenvalue weighted by Crippen LogP contribution is -2.38. The number of nitrogens with one attached hydrogen (secondary N) is 2. The molecule has 2 aromatic carbocycles.